The number of hydrogen-bond acceptors (Lipinski definition) is 6. The van der Waals surface area contributed by atoms with Crippen molar-refractivity contribution in [3.63, 3.8) is 0 Å². The summed E-state index contributed by atoms with van der Waals surface area (Å²) in [7, 11) is 0. The average Bonchev–Trinajstić information content (AvgIpc) is 1.53. The van der Waals surface area contributed by atoms with E-state index in [1.54, 1.807) is 26.0 Å². The summed E-state index contributed by atoms with van der Waals surface area (Å²) in [6.07, 6.45) is 1.98. The highest BCUT2D eigenvalue weighted by atomic mass is 19.1. The molecule has 0 N–H and O–H groups in total. The molecule has 0 amide bonds. The quantitative estimate of drug-likeness (QED) is 0.0804. The summed E-state index contributed by atoms with van der Waals surface area (Å²) in [4.78, 5) is 4.35. The molecule has 14 aromatic rings. The standard InChI is InChI=1S/C96H78F2N2O4/c1-5-93(57-101-58-93)61-103-81-45-33-71(34-46-81)95(73-31-25-65-15-7-9-17-69(65)51-73)87-21-13-11-19-83(87)85-49-43-77(53-89(85)95)99(79-37-23-63(3)91(97)55-79)75-39-27-67(28-40-75)68-29-41-76(42-30-68)100(80-38-24-64(4)92(98)56-80)78-44-50-86-84-20-12-14-22-88(84)96(90(86)54-78,74-32-26-66-16-8-10-18-70(66)52-74)72-35-47-82(48-36-72)104-62-94(6-2)59-102-60-94/h7-56H,5-6,57-62H2,1-4H3. The van der Waals surface area contributed by atoms with Crippen molar-refractivity contribution in [2.75, 3.05) is 49.4 Å². The fraction of sp³-hybridized carbons (Fsp3) is 0.167. The van der Waals surface area contributed by atoms with Gasteiger partial charge in [0, 0.05) is 34.1 Å². The van der Waals surface area contributed by atoms with Gasteiger partial charge in [-0.05, 0) is 246 Å². The summed E-state index contributed by atoms with van der Waals surface area (Å²) in [5, 5.41) is 4.64. The van der Waals surface area contributed by atoms with Crippen molar-refractivity contribution in [3.05, 3.63) is 371 Å². The van der Waals surface area contributed by atoms with E-state index in [1.165, 1.54) is 21.9 Å². The van der Waals surface area contributed by atoms with Crippen LogP contribution in [0.5, 0.6) is 11.5 Å². The lowest BCUT2D eigenvalue weighted by atomic mass is 9.67. The topological polar surface area (TPSA) is 43.4 Å². The minimum Gasteiger partial charge on any atom is -0.493 e. The molecule has 14 aromatic carbocycles. The molecule has 2 fully saturated rings. The molecular formula is C96H78F2N2O4. The van der Waals surface area contributed by atoms with E-state index in [0.717, 1.165) is 125 Å². The lowest BCUT2D eigenvalue weighted by Crippen LogP contribution is -2.46. The third-order valence-electron chi connectivity index (χ3n) is 23.1. The maximum absolute atomic E-state index is 16.2. The van der Waals surface area contributed by atoms with Crippen LogP contribution in [0.4, 0.5) is 42.9 Å². The molecule has 2 unspecified atom stereocenters. The van der Waals surface area contributed by atoms with E-state index in [0.29, 0.717) is 62.1 Å². The van der Waals surface area contributed by atoms with Gasteiger partial charge in [-0.1, -0.05) is 208 Å². The Hall–Kier alpha value is -11.4. The summed E-state index contributed by atoms with van der Waals surface area (Å²) < 4.78 is 56.9. The molecule has 8 heteroatoms. The summed E-state index contributed by atoms with van der Waals surface area (Å²) in [6.45, 7) is 12.1. The Morgan fingerprint density at radius 3 is 1.03 bits per heavy atom. The number of benzene rings is 14. The van der Waals surface area contributed by atoms with Crippen molar-refractivity contribution in [2.45, 2.75) is 51.4 Å². The molecule has 0 radical (unpaired) electrons. The SMILES string of the molecule is CCC1(COc2ccc(C3(c4ccc5ccccc5c4)c4ccccc4-c4ccc(N(c5ccc(-c6ccc(N(c7ccc(C)c(F)c7)c7ccc8c(c7)C(c7ccc(OCC9(CC)COC9)cc7)(c7ccc9ccccc9c7)c7ccccc7-8)cc6)cc5)c5ccc(C)c(F)c5)cc43)cc2)COC1. The highest BCUT2D eigenvalue weighted by molar-refractivity contribution is 5.94. The predicted molar refractivity (Wildman–Crippen MR) is 418 cm³/mol. The number of hydrogen-bond donors (Lipinski definition) is 0. The van der Waals surface area contributed by atoms with Gasteiger partial charge in [-0.15, -0.1) is 0 Å². The average molecular weight is 1360 g/mol. The smallest absolute Gasteiger partial charge is 0.128 e. The van der Waals surface area contributed by atoms with Crippen molar-refractivity contribution < 1.29 is 27.7 Å². The second-order valence-corrected chi connectivity index (χ2v) is 29.1. The normalized spacial score (nSPS) is 17.1. The van der Waals surface area contributed by atoms with Crippen molar-refractivity contribution in [1.29, 1.82) is 0 Å². The van der Waals surface area contributed by atoms with Gasteiger partial charge < -0.3 is 28.7 Å². The van der Waals surface area contributed by atoms with Crippen LogP contribution in [0.3, 0.4) is 0 Å². The number of fused-ring (bicyclic) bond motifs is 8. The molecular weight excluding hydrogens is 1280 g/mol. The monoisotopic (exact) mass is 1360 g/mol. The van der Waals surface area contributed by atoms with Gasteiger partial charge in [0.25, 0.3) is 0 Å². The number of anilines is 6. The van der Waals surface area contributed by atoms with Gasteiger partial charge in [0.1, 0.15) is 23.1 Å². The molecule has 2 aliphatic carbocycles. The molecule has 4 aliphatic rings. The fourth-order valence-electron chi connectivity index (χ4n) is 16.8. The van der Waals surface area contributed by atoms with E-state index in [9.17, 15) is 0 Å². The van der Waals surface area contributed by atoms with E-state index in [4.69, 9.17) is 18.9 Å². The van der Waals surface area contributed by atoms with Gasteiger partial charge in [-0.3, -0.25) is 0 Å². The van der Waals surface area contributed by atoms with Crippen LogP contribution in [0.25, 0.3) is 54.9 Å². The summed E-state index contributed by atoms with van der Waals surface area (Å²) >= 11 is 0. The largest absolute Gasteiger partial charge is 0.493 e. The summed E-state index contributed by atoms with van der Waals surface area (Å²) in [5.41, 5.74) is 20.3. The zero-order valence-electron chi connectivity index (χ0n) is 58.8. The number of ether oxygens (including phenoxy) is 4. The molecule has 2 atom stereocenters. The van der Waals surface area contributed by atoms with Crippen LogP contribution in [0.1, 0.15) is 82.3 Å². The highest BCUT2D eigenvalue weighted by Gasteiger charge is 2.49. The van der Waals surface area contributed by atoms with Gasteiger partial charge in [0.05, 0.1) is 61.3 Å². The third-order valence-corrected chi connectivity index (χ3v) is 23.1. The minimum atomic E-state index is -0.762. The first-order valence-electron chi connectivity index (χ1n) is 36.4. The molecule has 0 bridgehead atoms. The number of halogens is 2. The van der Waals surface area contributed by atoms with Crippen molar-refractivity contribution in [3.8, 4) is 44.9 Å². The van der Waals surface area contributed by atoms with Crippen LogP contribution >= 0.6 is 0 Å². The van der Waals surface area contributed by atoms with E-state index >= 15 is 8.78 Å². The van der Waals surface area contributed by atoms with Gasteiger partial charge in [0.15, 0.2) is 0 Å². The Morgan fingerprint density at radius 2 is 0.654 bits per heavy atom. The molecule has 2 saturated heterocycles. The molecule has 18 rings (SSSR count). The van der Waals surface area contributed by atoms with Gasteiger partial charge >= 0.3 is 0 Å². The van der Waals surface area contributed by atoms with Crippen LogP contribution in [-0.2, 0) is 20.3 Å². The first-order valence-corrected chi connectivity index (χ1v) is 36.4. The molecule has 2 aliphatic heterocycles. The number of rotatable bonds is 19. The minimum absolute atomic E-state index is 0.0323. The number of nitrogens with zero attached hydrogens (tertiary/aromatic N) is 2. The van der Waals surface area contributed by atoms with Crippen molar-refractivity contribution in [1.82, 2.24) is 0 Å². The zero-order valence-corrected chi connectivity index (χ0v) is 58.8. The highest BCUT2D eigenvalue weighted by Crippen LogP contribution is 2.60. The van der Waals surface area contributed by atoms with Gasteiger partial charge in [-0.2, -0.15) is 0 Å². The fourth-order valence-corrected chi connectivity index (χ4v) is 16.8. The van der Waals surface area contributed by atoms with Crippen molar-refractivity contribution >= 4 is 55.7 Å². The summed E-state index contributed by atoms with van der Waals surface area (Å²) in [6, 6.07) is 108. The maximum atomic E-state index is 16.2. The third kappa shape index (κ3) is 10.7. The molecule has 510 valence electrons. The van der Waals surface area contributed by atoms with Crippen molar-refractivity contribution in [2.24, 2.45) is 10.8 Å². The Bertz CT molecular complexity index is 5270. The van der Waals surface area contributed by atoms with E-state index in [-0.39, 0.29) is 22.5 Å². The zero-order chi connectivity index (χ0) is 70.3. The molecule has 0 saturated carbocycles. The predicted octanol–water partition coefficient (Wildman–Crippen LogP) is 23.8. The van der Waals surface area contributed by atoms with Gasteiger partial charge in [0.2, 0.25) is 0 Å². The van der Waals surface area contributed by atoms with Gasteiger partial charge in [-0.25, -0.2) is 8.78 Å². The Labute approximate surface area is 607 Å². The Balaban J connectivity index is 0.727. The van der Waals surface area contributed by atoms with Crippen LogP contribution < -0.4 is 19.3 Å². The Morgan fingerprint density at radius 1 is 0.317 bits per heavy atom. The Kier molecular flexibility index (Phi) is 16.1. The second-order valence-electron chi connectivity index (χ2n) is 29.1. The lowest BCUT2D eigenvalue weighted by Gasteiger charge is -2.40. The molecule has 0 aromatic heterocycles. The maximum Gasteiger partial charge on any atom is 0.128 e. The van der Waals surface area contributed by atoms with E-state index in [2.05, 4.69) is 291 Å². The first kappa shape index (κ1) is 64.7. The molecule has 6 nitrogen and oxygen atoms in total. The van der Waals surface area contributed by atoms with Crippen LogP contribution in [-0.4, -0.2) is 39.6 Å². The molecule has 104 heavy (non-hydrogen) atoms. The second kappa shape index (κ2) is 25.8. The first-order chi connectivity index (χ1) is 50.9. The molecule has 0 spiro atoms. The lowest BCUT2D eigenvalue weighted by molar-refractivity contribution is -0.133. The van der Waals surface area contributed by atoms with E-state index in [1.807, 2.05) is 24.3 Å². The van der Waals surface area contributed by atoms with Crippen LogP contribution in [0, 0.1) is 36.3 Å². The van der Waals surface area contributed by atoms with Crippen LogP contribution in [0.2, 0.25) is 0 Å². The summed E-state index contributed by atoms with van der Waals surface area (Å²) in [5.74, 6) is 1.08. The van der Waals surface area contributed by atoms with E-state index < -0.39 is 10.8 Å². The van der Waals surface area contributed by atoms with Crippen LogP contribution in [0.15, 0.2) is 303 Å². The molecule has 2 heterocycles. The number of aryl methyl sites for hydroxylation is 2.